The van der Waals surface area contributed by atoms with Gasteiger partial charge in [-0.25, -0.2) is 9.59 Å². The molecule has 7 heteroatoms. The monoisotopic (exact) mass is 370 g/mol. The number of furan rings is 1. The van der Waals surface area contributed by atoms with E-state index in [0.29, 0.717) is 11.7 Å². The van der Waals surface area contributed by atoms with Crippen molar-refractivity contribution in [2.45, 2.75) is 26.3 Å². The number of urea groups is 1. The molecule has 0 aliphatic rings. The van der Waals surface area contributed by atoms with Gasteiger partial charge in [0.25, 0.3) is 5.91 Å². The molecule has 1 heterocycles. The summed E-state index contributed by atoms with van der Waals surface area (Å²) in [6.07, 6.45) is 4.31. The fourth-order valence-corrected chi connectivity index (χ4v) is 2.13. The molecule has 2 N–H and O–H groups in total. The van der Waals surface area contributed by atoms with E-state index >= 15 is 0 Å². The Morgan fingerprint density at radius 1 is 1.15 bits per heavy atom. The summed E-state index contributed by atoms with van der Waals surface area (Å²) in [5.74, 6) is -0.414. The number of imide groups is 1. The third-order valence-corrected chi connectivity index (χ3v) is 3.62. The maximum absolute atomic E-state index is 11.7. The lowest BCUT2D eigenvalue weighted by molar-refractivity contribution is -0.143. The van der Waals surface area contributed by atoms with Crippen molar-refractivity contribution in [3.63, 3.8) is 0 Å². The maximum Gasteiger partial charge on any atom is 0.331 e. The zero-order chi connectivity index (χ0) is 19.6. The van der Waals surface area contributed by atoms with E-state index in [1.807, 2.05) is 24.3 Å². The minimum absolute atomic E-state index is 0.143. The molecule has 0 aliphatic heterocycles. The van der Waals surface area contributed by atoms with Crippen molar-refractivity contribution >= 4 is 24.0 Å². The molecule has 0 unspecified atom stereocenters. The number of carbonyl (C=O) groups is 3. The number of amides is 3. The Morgan fingerprint density at radius 3 is 2.52 bits per heavy atom. The number of ether oxygens (including phenoxy) is 1. The highest BCUT2D eigenvalue weighted by molar-refractivity contribution is 5.96. The number of carbonyl (C=O) groups excluding carboxylic acids is 3. The van der Waals surface area contributed by atoms with Gasteiger partial charge in [-0.1, -0.05) is 38.1 Å². The molecule has 0 bridgehead atoms. The van der Waals surface area contributed by atoms with Crippen molar-refractivity contribution in [3.8, 4) is 0 Å². The van der Waals surface area contributed by atoms with Crippen LogP contribution in [0.1, 0.15) is 36.7 Å². The van der Waals surface area contributed by atoms with Crippen molar-refractivity contribution in [2.24, 2.45) is 0 Å². The van der Waals surface area contributed by atoms with Gasteiger partial charge in [0.1, 0.15) is 5.76 Å². The molecule has 1 aromatic heterocycles. The van der Waals surface area contributed by atoms with E-state index in [9.17, 15) is 14.4 Å². The van der Waals surface area contributed by atoms with E-state index in [1.165, 1.54) is 17.9 Å². The molecule has 1 aromatic carbocycles. The van der Waals surface area contributed by atoms with E-state index in [-0.39, 0.29) is 6.54 Å². The molecule has 0 atom stereocenters. The lowest BCUT2D eigenvalue weighted by Gasteiger charge is -2.06. The van der Waals surface area contributed by atoms with Crippen LogP contribution in [-0.4, -0.2) is 24.5 Å². The Bertz CT molecular complexity index is 792. The van der Waals surface area contributed by atoms with E-state index in [4.69, 9.17) is 9.15 Å². The summed E-state index contributed by atoms with van der Waals surface area (Å²) in [4.78, 5) is 34.8. The summed E-state index contributed by atoms with van der Waals surface area (Å²) in [5, 5.41) is 4.50. The number of benzene rings is 1. The number of hydrogen-bond acceptors (Lipinski definition) is 5. The first-order valence-electron chi connectivity index (χ1n) is 8.49. The van der Waals surface area contributed by atoms with Crippen LogP contribution in [0.5, 0.6) is 0 Å². The van der Waals surface area contributed by atoms with Gasteiger partial charge in [0.15, 0.2) is 6.61 Å². The lowest BCUT2D eigenvalue weighted by atomic mass is 10.0. The smallest absolute Gasteiger partial charge is 0.331 e. The number of esters is 1. The molecule has 0 saturated carbocycles. The second-order valence-electron chi connectivity index (χ2n) is 6.07. The molecule has 27 heavy (non-hydrogen) atoms. The molecule has 7 nitrogen and oxygen atoms in total. The highest BCUT2D eigenvalue weighted by Crippen LogP contribution is 2.15. The number of rotatable bonds is 7. The molecule has 2 aromatic rings. The highest BCUT2D eigenvalue weighted by Gasteiger charge is 2.10. The Morgan fingerprint density at radius 2 is 1.89 bits per heavy atom. The topological polar surface area (TPSA) is 97.6 Å². The molecule has 2 rings (SSSR count). The zero-order valence-electron chi connectivity index (χ0n) is 15.2. The first-order chi connectivity index (χ1) is 12.9. The van der Waals surface area contributed by atoms with Crippen LogP contribution in [-0.2, 0) is 20.9 Å². The summed E-state index contributed by atoms with van der Waals surface area (Å²) in [6, 6.07) is 10.4. The van der Waals surface area contributed by atoms with Crippen LogP contribution in [0.15, 0.2) is 53.2 Å². The average Bonchev–Trinajstić information content (AvgIpc) is 3.17. The SMILES string of the molecule is CC(C)c1ccc(/C=C/C(=O)OCC(=O)NC(=O)NCc2ccco2)cc1. The molecular weight excluding hydrogens is 348 g/mol. The molecule has 142 valence electrons. The fraction of sp³-hybridized carbons (Fsp3) is 0.250. The van der Waals surface area contributed by atoms with Gasteiger partial charge in [-0.05, 0) is 35.3 Å². The zero-order valence-corrected chi connectivity index (χ0v) is 15.2. The van der Waals surface area contributed by atoms with Gasteiger partial charge < -0.3 is 14.5 Å². The number of nitrogens with one attached hydrogen (secondary N) is 2. The molecule has 0 spiro atoms. The van der Waals surface area contributed by atoms with Gasteiger partial charge in [0.2, 0.25) is 0 Å². The summed E-state index contributed by atoms with van der Waals surface area (Å²) >= 11 is 0. The van der Waals surface area contributed by atoms with E-state index in [0.717, 1.165) is 5.56 Å². The van der Waals surface area contributed by atoms with Crippen molar-refractivity contribution in [1.29, 1.82) is 0 Å². The van der Waals surface area contributed by atoms with Crippen molar-refractivity contribution < 1.29 is 23.5 Å². The average molecular weight is 370 g/mol. The standard InChI is InChI=1S/C20H22N2O5/c1-14(2)16-8-5-15(6-9-16)7-10-19(24)27-13-18(23)22-20(25)21-12-17-4-3-11-26-17/h3-11,14H,12-13H2,1-2H3,(H2,21,22,23,25)/b10-7+. The maximum atomic E-state index is 11.7. The van der Waals surface area contributed by atoms with Crippen LogP contribution in [0.3, 0.4) is 0 Å². The molecule has 0 radical (unpaired) electrons. The molecule has 0 fully saturated rings. The third-order valence-electron chi connectivity index (χ3n) is 3.62. The highest BCUT2D eigenvalue weighted by atomic mass is 16.5. The van der Waals surface area contributed by atoms with Gasteiger partial charge in [0, 0.05) is 6.08 Å². The Labute approximate surface area is 157 Å². The minimum Gasteiger partial charge on any atom is -0.467 e. The van der Waals surface area contributed by atoms with Gasteiger partial charge in [0.05, 0.1) is 12.8 Å². The minimum atomic E-state index is -0.727. The Kier molecular flexibility index (Phi) is 7.37. The van der Waals surface area contributed by atoms with Crippen molar-refractivity contribution in [2.75, 3.05) is 6.61 Å². The van der Waals surface area contributed by atoms with E-state index < -0.39 is 24.5 Å². The Hall–Kier alpha value is -3.35. The van der Waals surface area contributed by atoms with Crippen LogP contribution in [0.25, 0.3) is 6.08 Å². The first-order valence-corrected chi connectivity index (χ1v) is 8.49. The normalized spacial score (nSPS) is 10.8. The molecule has 3 amide bonds. The largest absolute Gasteiger partial charge is 0.467 e. The molecular formula is C20H22N2O5. The van der Waals surface area contributed by atoms with Crippen LogP contribution < -0.4 is 10.6 Å². The summed E-state index contributed by atoms with van der Waals surface area (Å²) < 4.78 is 9.85. The second-order valence-corrected chi connectivity index (χ2v) is 6.07. The fourth-order valence-electron chi connectivity index (χ4n) is 2.13. The van der Waals surface area contributed by atoms with Crippen molar-refractivity contribution in [3.05, 3.63) is 65.6 Å². The number of hydrogen-bond donors (Lipinski definition) is 2. The Balaban J connectivity index is 1.69. The third kappa shape index (κ3) is 7.19. The van der Waals surface area contributed by atoms with Gasteiger partial charge in [-0.15, -0.1) is 0 Å². The lowest BCUT2D eigenvalue weighted by Crippen LogP contribution is -2.41. The van der Waals surface area contributed by atoms with Gasteiger partial charge >= 0.3 is 12.0 Å². The van der Waals surface area contributed by atoms with E-state index in [1.54, 1.807) is 18.2 Å². The predicted octanol–water partition coefficient (Wildman–Crippen LogP) is 2.99. The van der Waals surface area contributed by atoms with Crippen molar-refractivity contribution in [1.82, 2.24) is 10.6 Å². The van der Waals surface area contributed by atoms with Gasteiger partial charge in [-0.2, -0.15) is 0 Å². The summed E-state index contributed by atoms with van der Waals surface area (Å²) in [5.41, 5.74) is 2.05. The molecule has 0 aliphatic carbocycles. The molecule has 0 saturated heterocycles. The van der Waals surface area contributed by atoms with Crippen LogP contribution >= 0.6 is 0 Å². The van der Waals surface area contributed by atoms with Gasteiger partial charge in [-0.3, -0.25) is 10.1 Å². The van der Waals surface area contributed by atoms with Crippen LogP contribution in [0.2, 0.25) is 0 Å². The van der Waals surface area contributed by atoms with E-state index in [2.05, 4.69) is 24.5 Å². The summed E-state index contributed by atoms with van der Waals surface area (Å²) in [6.45, 7) is 3.79. The first kappa shape index (κ1) is 20.0. The second kappa shape index (κ2) is 9.96. The summed E-state index contributed by atoms with van der Waals surface area (Å²) in [7, 11) is 0. The predicted molar refractivity (Wildman–Crippen MR) is 99.6 cm³/mol. The van der Waals surface area contributed by atoms with Crippen LogP contribution in [0, 0.1) is 0 Å². The van der Waals surface area contributed by atoms with Crippen LogP contribution in [0.4, 0.5) is 4.79 Å². The quantitative estimate of drug-likeness (QED) is 0.577.